The fourth-order valence-electron chi connectivity index (χ4n) is 2.16. The van der Waals surface area contributed by atoms with Crippen LogP contribution in [0.4, 0.5) is 0 Å². The van der Waals surface area contributed by atoms with Crippen LogP contribution in [0.5, 0.6) is 5.75 Å². The highest BCUT2D eigenvalue weighted by Crippen LogP contribution is 2.19. The molecule has 2 aromatic heterocycles. The van der Waals surface area contributed by atoms with Crippen LogP contribution in [0.25, 0.3) is 11.4 Å². The predicted octanol–water partition coefficient (Wildman–Crippen LogP) is 2.38. The Hall–Kier alpha value is -3.22. The van der Waals surface area contributed by atoms with E-state index in [0.29, 0.717) is 23.0 Å². The van der Waals surface area contributed by atoms with Crippen molar-refractivity contribution in [2.24, 2.45) is 0 Å². The lowest BCUT2D eigenvalue weighted by atomic mass is 10.1. The van der Waals surface area contributed by atoms with Gasteiger partial charge in [-0.15, -0.1) is 0 Å². The van der Waals surface area contributed by atoms with Gasteiger partial charge in [-0.2, -0.15) is 4.98 Å². The van der Waals surface area contributed by atoms with E-state index in [4.69, 9.17) is 9.26 Å². The molecule has 1 N–H and O–H groups in total. The summed E-state index contributed by atoms with van der Waals surface area (Å²) in [6, 6.07) is 8.84. The van der Waals surface area contributed by atoms with Crippen molar-refractivity contribution >= 4 is 5.91 Å². The Labute approximate surface area is 138 Å². The second-order valence-corrected chi connectivity index (χ2v) is 5.11. The maximum Gasteiger partial charge on any atom is 0.251 e. The van der Waals surface area contributed by atoms with Crippen molar-refractivity contribution in [1.29, 1.82) is 0 Å². The molecule has 7 heteroatoms. The summed E-state index contributed by atoms with van der Waals surface area (Å²) in [5.41, 5.74) is 2.27. The van der Waals surface area contributed by atoms with Crippen molar-refractivity contribution in [2.75, 3.05) is 7.11 Å². The number of nitrogens with zero attached hydrogens (tertiary/aromatic N) is 3. The summed E-state index contributed by atoms with van der Waals surface area (Å²) in [6.45, 7) is 2.06. The molecular weight excluding hydrogens is 308 g/mol. The molecule has 0 aliphatic heterocycles. The van der Waals surface area contributed by atoms with Gasteiger partial charge in [-0.05, 0) is 36.8 Å². The van der Waals surface area contributed by atoms with Crippen LogP contribution < -0.4 is 10.1 Å². The van der Waals surface area contributed by atoms with Crippen LogP contribution in [0.3, 0.4) is 0 Å². The van der Waals surface area contributed by atoms with E-state index in [1.807, 2.05) is 13.0 Å². The Kier molecular flexibility index (Phi) is 4.51. The summed E-state index contributed by atoms with van der Waals surface area (Å²) >= 11 is 0. The van der Waals surface area contributed by atoms with E-state index in [1.165, 1.54) is 0 Å². The molecule has 2 heterocycles. The molecule has 0 saturated heterocycles. The van der Waals surface area contributed by atoms with Gasteiger partial charge in [0.15, 0.2) is 0 Å². The smallest absolute Gasteiger partial charge is 0.251 e. The Bertz CT molecular complexity index is 846. The number of ether oxygens (including phenoxy) is 1. The van der Waals surface area contributed by atoms with Crippen molar-refractivity contribution < 1.29 is 14.1 Å². The molecule has 0 aliphatic carbocycles. The molecule has 0 atom stereocenters. The lowest BCUT2D eigenvalue weighted by Crippen LogP contribution is -2.23. The third-order valence-corrected chi connectivity index (χ3v) is 3.48. The maximum atomic E-state index is 12.2. The number of hydrogen-bond donors (Lipinski definition) is 1. The Morgan fingerprint density at radius 3 is 2.79 bits per heavy atom. The van der Waals surface area contributed by atoms with Crippen molar-refractivity contribution in [3.63, 3.8) is 0 Å². The van der Waals surface area contributed by atoms with Crippen LogP contribution in [0.15, 0.2) is 47.2 Å². The van der Waals surface area contributed by atoms with Crippen LogP contribution in [0.2, 0.25) is 0 Å². The number of hydrogen-bond acceptors (Lipinski definition) is 6. The molecule has 3 rings (SSSR count). The molecule has 0 bridgehead atoms. The molecule has 122 valence electrons. The number of benzene rings is 1. The van der Waals surface area contributed by atoms with Crippen molar-refractivity contribution in [1.82, 2.24) is 20.4 Å². The van der Waals surface area contributed by atoms with Crippen LogP contribution in [-0.4, -0.2) is 28.1 Å². The highest BCUT2D eigenvalue weighted by Gasteiger charge is 2.12. The van der Waals surface area contributed by atoms with Gasteiger partial charge in [0.2, 0.25) is 11.7 Å². The maximum absolute atomic E-state index is 12.2. The molecule has 0 aliphatic rings. The first-order valence-corrected chi connectivity index (χ1v) is 7.33. The van der Waals surface area contributed by atoms with Crippen LogP contribution in [0, 0.1) is 6.92 Å². The van der Waals surface area contributed by atoms with Crippen LogP contribution >= 0.6 is 0 Å². The van der Waals surface area contributed by atoms with E-state index in [0.717, 1.165) is 11.1 Å². The summed E-state index contributed by atoms with van der Waals surface area (Å²) in [4.78, 5) is 20.4. The van der Waals surface area contributed by atoms with Gasteiger partial charge >= 0.3 is 0 Å². The number of pyridine rings is 1. The van der Waals surface area contributed by atoms with Gasteiger partial charge in [-0.1, -0.05) is 11.2 Å². The highest BCUT2D eigenvalue weighted by atomic mass is 16.5. The van der Waals surface area contributed by atoms with Gasteiger partial charge in [0.05, 0.1) is 13.7 Å². The quantitative estimate of drug-likeness (QED) is 0.775. The number of aromatic nitrogens is 3. The number of rotatable bonds is 5. The zero-order chi connectivity index (χ0) is 16.9. The number of carbonyl (C=O) groups is 1. The number of amides is 1. The third-order valence-electron chi connectivity index (χ3n) is 3.48. The summed E-state index contributed by atoms with van der Waals surface area (Å²) in [5, 5.41) is 6.64. The first kappa shape index (κ1) is 15.7. The minimum absolute atomic E-state index is 0.146. The molecular formula is C17H16N4O3. The summed E-state index contributed by atoms with van der Waals surface area (Å²) in [6.07, 6.45) is 3.30. The minimum Gasteiger partial charge on any atom is -0.496 e. The van der Waals surface area contributed by atoms with Crippen LogP contribution in [-0.2, 0) is 6.54 Å². The molecule has 0 radical (unpaired) electrons. The second kappa shape index (κ2) is 6.91. The van der Waals surface area contributed by atoms with Gasteiger partial charge in [-0.3, -0.25) is 9.78 Å². The van der Waals surface area contributed by atoms with Gasteiger partial charge in [0, 0.05) is 23.5 Å². The second-order valence-electron chi connectivity index (χ2n) is 5.11. The molecule has 0 fully saturated rings. The van der Waals surface area contributed by atoms with E-state index in [-0.39, 0.29) is 12.5 Å². The van der Waals surface area contributed by atoms with E-state index in [9.17, 15) is 4.79 Å². The standard InChI is InChI=1S/C17H16N4O3/c1-11-3-4-13(9-14(11)23-2)17(22)19-10-15-20-16(21-24-15)12-5-7-18-8-6-12/h3-9H,10H2,1-2H3,(H,19,22). The SMILES string of the molecule is COc1cc(C(=O)NCc2nc(-c3ccncc3)no2)ccc1C. The van der Waals surface area contributed by atoms with Gasteiger partial charge in [-0.25, -0.2) is 0 Å². The van der Waals surface area contributed by atoms with Crippen molar-refractivity contribution in [3.05, 3.63) is 59.7 Å². The predicted molar refractivity (Wildman–Crippen MR) is 86.4 cm³/mol. The monoisotopic (exact) mass is 324 g/mol. The van der Waals surface area contributed by atoms with Crippen LogP contribution in [0.1, 0.15) is 21.8 Å². The molecule has 1 amide bonds. The number of carbonyl (C=O) groups excluding carboxylic acids is 1. The van der Waals surface area contributed by atoms with E-state index in [1.54, 1.807) is 43.8 Å². The fraction of sp³-hybridized carbons (Fsp3) is 0.176. The largest absolute Gasteiger partial charge is 0.496 e. The Morgan fingerprint density at radius 2 is 2.04 bits per heavy atom. The molecule has 0 saturated carbocycles. The Morgan fingerprint density at radius 1 is 1.25 bits per heavy atom. The molecule has 0 unspecified atom stereocenters. The lowest BCUT2D eigenvalue weighted by molar-refractivity contribution is 0.0946. The summed E-state index contributed by atoms with van der Waals surface area (Å²) < 4.78 is 10.4. The fourth-order valence-corrected chi connectivity index (χ4v) is 2.16. The summed E-state index contributed by atoms with van der Waals surface area (Å²) in [7, 11) is 1.57. The molecule has 7 nitrogen and oxygen atoms in total. The van der Waals surface area contributed by atoms with E-state index in [2.05, 4.69) is 20.4 Å². The average molecular weight is 324 g/mol. The lowest BCUT2D eigenvalue weighted by Gasteiger charge is -2.07. The molecule has 1 aromatic carbocycles. The topological polar surface area (TPSA) is 90.1 Å². The zero-order valence-corrected chi connectivity index (χ0v) is 13.3. The zero-order valence-electron chi connectivity index (χ0n) is 13.3. The summed E-state index contributed by atoms with van der Waals surface area (Å²) in [5.74, 6) is 1.21. The third kappa shape index (κ3) is 3.40. The highest BCUT2D eigenvalue weighted by molar-refractivity contribution is 5.94. The number of methoxy groups -OCH3 is 1. The van der Waals surface area contributed by atoms with E-state index < -0.39 is 0 Å². The first-order valence-electron chi connectivity index (χ1n) is 7.33. The van der Waals surface area contributed by atoms with Gasteiger partial charge in [0.1, 0.15) is 5.75 Å². The van der Waals surface area contributed by atoms with Crippen molar-refractivity contribution in [3.8, 4) is 17.1 Å². The molecule has 0 spiro atoms. The number of aryl methyl sites for hydroxylation is 1. The minimum atomic E-state index is -0.239. The van der Waals surface area contributed by atoms with E-state index >= 15 is 0 Å². The normalized spacial score (nSPS) is 10.4. The molecule has 3 aromatic rings. The molecule has 24 heavy (non-hydrogen) atoms. The Balaban J connectivity index is 1.66. The van der Waals surface area contributed by atoms with Gasteiger partial charge < -0.3 is 14.6 Å². The average Bonchev–Trinajstić information content (AvgIpc) is 3.10. The van der Waals surface area contributed by atoms with Crippen molar-refractivity contribution in [2.45, 2.75) is 13.5 Å². The number of nitrogens with one attached hydrogen (secondary N) is 1. The van der Waals surface area contributed by atoms with Gasteiger partial charge in [0.25, 0.3) is 5.91 Å². The first-order chi connectivity index (χ1) is 11.7.